The van der Waals surface area contributed by atoms with Crippen molar-refractivity contribution < 1.29 is 4.74 Å². The molecule has 1 heterocycles. The van der Waals surface area contributed by atoms with E-state index in [1.165, 1.54) is 17.9 Å². The number of methoxy groups -OCH3 is 1. The minimum absolute atomic E-state index is 0.176. The summed E-state index contributed by atoms with van der Waals surface area (Å²) in [6.07, 6.45) is 1.64. The molecule has 108 valence electrons. The lowest BCUT2D eigenvalue weighted by molar-refractivity contribution is 0.412. The highest BCUT2D eigenvalue weighted by Crippen LogP contribution is 2.19. The van der Waals surface area contributed by atoms with Crippen LogP contribution in [0.1, 0.15) is 11.1 Å². The summed E-state index contributed by atoms with van der Waals surface area (Å²) >= 11 is 0. The van der Waals surface area contributed by atoms with E-state index in [1.807, 2.05) is 19.0 Å². The smallest absolute Gasteiger partial charge is 0.269 e. The van der Waals surface area contributed by atoms with Gasteiger partial charge in [0.25, 0.3) is 5.56 Å². The van der Waals surface area contributed by atoms with Crippen molar-refractivity contribution in [3.8, 4) is 11.8 Å². The first-order chi connectivity index (χ1) is 10.0. The van der Waals surface area contributed by atoms with Gasteiger partial charge in [-0.05, 0) is 17.7 Å². The van der Waals surface area contributed by atoms with E-state index in [-0.39, 0.29) is 5.56 Å². The molecule has 0 unspecified atom stereocenters. The first kappa shape index (κ1) is 14.6. The highest BCUT2D eigenvalue weighted by atomic mass is 16.5. The molecule has 0 saturated carbocycles. The number of ether oxygens (including phenoxy) is 1. The number of benzene rings is 1. The van der Waals surface area contributed by atoms with E-state index in [4.69, 9.17) is 10.00 Å². The molecule has 0 atom stereocenters. The van der Waals surface area contributed by atoms with Crippen LogP contribution in [0.25, 0.3) is 0 Å². The Morgan fingerprint density at radius 3 is 2.71 bits per heavy atom. The SMILES string of the molecule is COc1cc(Cn2ncc(N(C)C)cc2=O)ccc1C#N. The van der Waals surface area contributed by atoms with Crippen LogP contribution in [0.2, 0.25) is 0 Å². The Morgan fingerprint density at radius 2 is 2.14 bits per heavy atom. The topological polar surface area (TPSA) is 71.2 Å². The quantitative estimate of drug-likeness (QED) is 0.844. The minimum atomic E-state index is -0.176. The third-order valence-corrected chi connectivity index (χ3v) is 3.09. The van der Waals surface area contributed by atoms with Crippen LogP contribution < -0.4 is 15.2 Å². The summed E-state index contributed by atoms with van der Waals surface area (Å²) in [5.74, 6) is 0.493. The van der Waals surface area contributed by atoms with E-state index in [0.717, 1.165) is 11.3 Å². The number of rotatable bonds is 4. The summed E-state index contributed by atoms with van der Waals surface area (Å²) in [4.78, 5) is 13.8. The van der Waals surface area contributed by atoms with E-state index in [2.05, 4.69) is 11.2 Å². The standard InChI is InChI=1S/C15H16N4O2/c1-18(2)13-7-15(20)19(17-9-13)10-11-4-5-12(8-16)14(6-11)21-3/h4-7,9H,10H2,1-3H3. The molecule has 21 heavy (non-hydrogen) atoms. The van der Waals surface area contributed by atoms with Crippen molar-refractivity contribution in [2.75, 3.05) is 26.1 Å². The number of anilines is 1. The molecule has 0 radical (unpaired) electrons. The van der Waals surface area contributed by atoms with Crippen molar-refractivity contribution >= 4 is 5.69 Å². The van der Waals surface area contributed by atoms with Gasteiger partial charge in [-0.1, -0.05) is 6.07 Å². The molecular formula is C15H16N4O2. The second-order valence-corrected chi connectivity index (χ2v) is 4.75. The van der Waals surface area contributed by atoms with Crippen LogP contribution in [-0.4, -0.2) is 31.0 Å². The van der Waals surface area contributed by atoms with Crippen LogP contribution in [0.15, 0.2) is 35.3 Å². The monoisotopic (exact) mass is 284 g/mol. The average Bonchev–Trinajstić information content (AvgIpc) is 2.48. The van der Waals surface area contributed by atoms with E-state index in [1.54, 1.807) is 24.4 Å². The van der Waals surface area contributed by atoms with Gasteiger partial charge < -0.3 is 9.64 Å². The number of hydrogen-bond acceptors (Lipinski definition) is 5. The Balaban J connectivity index is 2.31. The third kappa shape index (κ3) is 3.20. The summed E-state index contributed by atoms with van der Waals surface area (Å²) in [6.45, 7) is 0.328. The number of hydrogen-bond donors (Lipinski definition) is 0. The number of nitrogens with zero attached hydrogens (tertiary/aromatic N) is 4. The van der Waals surface area contributed by atoms with Gasteiger partial charge in [0.1, 0.15) is 11.8 Å². The van der Waals surface area contributed by atoms with Gasteiger partial charge in [-0.3, -0.25) is 4.79 Å². The van der Waals surface area contributed by atoms with Gasteiger partial charge >= 0.3 is 0 Å². The van der Waals surface area contributed by atoms with Gasteiger partial charge in [0.15, 0.2) is 0 Å². The summed E-state index contributed by atoms with van der Waals surface area (Å²) < 4.78 is 6.53. The Hall–Kier alpha value is -2.81. The number of nitriles is 1. The van der Waals surface area contributed by atoms with Crippen LogP contribution in [-0.2, 0) is 6.54 Å². The van der Waals surface area contributed by atoms with Gasteiger partial charge in [0.05, 0.1) is 31.1 Å². The average molecular weight is 284 g/mol. The van der Waals surface area contributed by atoms with E-state index < -0.39 is 0 Å². The lowest BCUT2D eigenvalue weighted by Gasteiger charge is -2.12. The molecule has 0 aliphatic carbocycles. The molecule has 0 fully saturated rings. The molecule has 0 N–H and O–H groups in total. The van der Waals surface area contributed by atoms with Crippen LogP contribution in [0.3, 0.4) is 0 Å². The Morgan fingerprint density at radius 1 is 1.38 bits per heavy atom. The molecule has 0 saturated heterocycles. The summed E-state index contributed by atoms with van der Waals surface area (Å²) in [5.41, 5.74) is 1.89. The summed E-state index contributed by atoms with van der Waals surface area (Å²) in [6, 6.07) is 8.79. The third-order valence-electron chi connectivity index (χ3n) is 3.09. The van der Waals surface area contributed by atoms with Gasteiger partial charge in [0.2, 0.25) is 0 Å². The van der Waals surface area contributed by atoms with Crippen molar-refractivity contribution in [2.24, 2.45) is 0 Å². The molecule has 0 aliphatic heterocycles. The largest absolute Gasteiger partial charge is 0.495 e. The fourth-order valence-electron chi connectivity index (χ4n) is 1.89. The molecule has 6 nitrogen and oxygen atoms in total. The molecule has 0 bridgehead atoms. The van der Waals surface area contributed by atoms with Crippen molar-refractivity contribution in [3.63, 3.8) is 0 Å². The van der Waals surface area contributed by atoms with Gasteiger partial charge in [-0.15, -0.1) is 0 Å². The maximum Gasteiger partial charge on any atom is 0.269 e. The molecule has 0 aliphatic rings. The van der Waals surface area contributed by atoms with Crippen molar-refractivity contribution in [3.05, 3.63) is 51.9 Å². The number of aromatic nitrogens is 2. The zero-order valence-corrected chi connectivity index (χ0v) is 12.2. The fourth-order valence-corrected chi connectivity index (χ4v) is 1.89. The molecule has 1 aromatic carbocycles. The lowest BCUT2D eigenvalue weighted by Crippen LogP contribution is -2.24. The molecule has 0 spiro atoms. The van der Waals surface area contributed by atoms with Crippen LogP contribution >= 0.6 is 0 Å². The Bertz CT molecular complexity index is 744. The predicted octanol–water partition coefficient (Wildman–Crippen LogP) is 1.24. The Labute approximate surface area is 122 Å². The minimum Gasteiger partial charge on any atom is -0.495 e. The van der Waals surface area contributed by atoms with Crippen LogP contribution in [0.4, 0.5) is 5.69 Å². The highest BCUT2D eigenvalue weighted by Gasteiger charge is 2.06. The van der Waals surface area contributed by atoms with Crippen LogP contribution in [0.5, 0.6) is 5.75 Å². The fraction of sp³-hybridized carbons (Fsp3) is 0.267. The Kier molecular flexibility index (Phi) is 4.24. The van der Waals surface area contributed by atoms with E-state index in [0.29, 0.717) is 17.9 Å². The molecule has 0 amide bonds. The highest BCUT2D eigenvalue weighted by molar-refractivity contribution is 5.45. The maximum atomic E-state index is 12.0. The first-order valence-electron chi connectivity index (χ1n) is 6.36. The lowest BCUT2D eigenvalue weighted by atomic mass is 10.1. The normalized spacial score (nSPS) is 10.0. The van der Waals surface area contributed by atoms with Crippen LogP contribution in [0, 0.1) is 11.3 Å². The second kappa shape index (κ2) is 6.09. The van der Waals surface area contributed by atoms with Crippen molar-refractivity contribution in [1.82, 2.24) is 9.78 Å². The zero-order chi connectivity index (χ0) is 15.4. The zero-order valence-electron chi connectivity index (χ0n) is 12.2. The van der Waals surface area contributed by atoms with E-state index >= 15 is 0 Å². The maximum absolute atomic E-state index is 12.0. The van der Waals surface area contributed by atoms with Gasteiger partial charge in [0, 0.05) is 20.2 Å². The predicted molar refractivity (Wildman–Crippen MR) is 79.6 cm³/mol. The van der Waals surface area contributed by atoms with Crippen molar-refractivity contribution in [2.45, 2.75) is 6.54 Å². The second-order valence-electron chi connectivity index (χ2n) is 4.75. The van der Waals surface area contributed by atoms with Crippen molar-refractivity contribution in [1.29, 1.82) is 5.26 Å². The molecular weight excluding hydrogens is 268 g/mol. The summed E-state index contributed by atoms with van der Waals surface area (Å²) in [7, 11) is 5.22. The van der Waals surface area contributed by atoms with E-state index in [9.17, 15) is 4.79 Å². The molecule has 2 rings (SSSR count). The molecule has 1 aromatic heterocycles. The molecule has 6 heteroatoms. The molecule has 2 aromatic rings. The van der Waals surface area contributed by atoms with Gasteiger partial charge in [-0.25, -0.2) is 4.68 Å². The summed E-state index contributed by atoms with van der Waals surface area (Å²) in [5, 5.41) is 13.1. The van der Waals surface area contributed by atoms with Gasteiger partial charge in [-0.2, -0.15) is 10.4 Å². The first-order valence-corrected chi connectivity index (χ1v) is 6.36.